The maximum absolute atomic E-state index is 10.3. The Balaban J connectivity index is 2.36. The van der Waals surface area contributed by atoms with Crippen molar-refractivity contribution < 1.29 is 9.90 Å². The largest absolute Gasteiger partial charge is 0.478 e. The molecule has 1 rings (SSSR count). The molecule has 0 aromatic rings. The first-order valence-electron chi connectivity index (χ1n) is 5.49. The normalized spacial score (nSPS) is 22.4. The summed E-state index contributed by atoms with van der Waals surface area (Å²) in [5.74, 6) is -0.888. The molecule has 0 saturated carbocycles. The number of carboxylic acids is 1. The minimum absolute atomic E-state index is 0.582. The van der Waals surface area contributed by atoms with Crippen LogP contribution in [0.5, 0.6) is 0 Å². The molecule has 1 saturated heterocycles. The Hall–Kier alpha value is -1.03. The van der Waals surface area contributed by atoms with Gasteiger partial charge >= 0.3 is 5.97 Å². The van der Waals surface area contributed by atoms with E-state index in [1.807, 2.05) is 11.9 Å². The van der Waals surface area contributed by atoms with Crippen molar-refractivity contribution in [2.75, 3.05) is 26.7 Å². The molecule has 0 spiro atoms. The van der Waals surface area contributed by atoms with Crippen LogP contribution >= 0.6 is 0 Å². The number of hydrogen-bond acceptors (Lipinski definition) is 3. The summed E-state index contributed by atoms with van der Waals surface area (Å²) in [7, 11) is 1.92. The fourth-order valence-electron chi connectivity index (χ4n) is 2.10. The van der Waals surface area contributed by atoms with Crippen LogP contribution in [0.1, 0.15) is 19.8 Å². The summed E-state index contributed by atoms with van der Waals surface area (Å²) in [6.07, 6.45) is 5.30. The quantitative estimate of drug-likeness (QED) is 0.690. The molecule has 1 N–H and O–H groups in total. The summed E-state index contributed by atoms with van der Waals surface area (Å²) in [5, 5.41) is 8.50. The number of aliphatic carboxylic acids is 1. The Labute approximate surface area is 91.2 Å². The Morgan fingerprint density at radius 3 is 3.00 bits per heavy atom. The maximum Gasteiger partial charge on any atom is 0.329 e. The first-order valence-corrected chi connectivity index (χ1v) is 5.49. The van der Waals surface area contributed by atoms with Gasteiger partial charge in [-0.2, -0.15) is 0 Å². The highest BCUT2D eigenvalue weighted by Gasteiger charge is 2.23. The van der Waals surface area contributed by atoms with E-state index < -0.39 is 5.97 Å². The second-order valence-corrected chi connectivity index (χ2v) is 4.02. The standard InChI is InChI=1S/C11H20N2O2/c1-3-13-7-4-5-10(13)9-12(2)8-6-11(14)15/h6,8,10H,3-5,7,9H2,1-2H3,(H,14,15). The molecule has 0 bridgehead atoms. The molecule has 15 heavy (non-hydrogen) atoms. The van der Waals surface area contributed by atoms with Crippen LogP contribution in [-0.2, 0) is 4.79 Å². The minimum atomic E-state index is -0.888. The minimum Gasteiger partial charge on any atom is -0.478 e. The third-order valence-corrected chi connectivity index (χ3v) is 2.88. The molecule has 0 radical (unpaired) electrons. The van der Waals surface area contributed by atoms with E-state index >= 15 is 0 Å². The Bertz CT molecular complexity index is 241. The number of hydrogen-bond donors (Lipinski definition) is 1. The summed E-state index contributed by atoms with van der Waals surface area (Å²) in [4.78, 5) is 14.7. The topological polar surface area (TPSA) is 43.8 Å². The molecule has 0 amide bonds. The molecule has 0 aliphatic carbocycles. The van der Waals surface area contributed by atoms with Crippen LogP contribution in [0.15, 0.2) is 12.3 Å². The average Bonchev–Trinajstić information content (AvgIpc) is 2.62. The fourth-order valence-corrected chi connectivity index (χ4v) is 2.10. The number of rotatable bonds is 5. The predicted octanol–water partition coefficient (Wildman–Crippen LogP) is 1.00. The summed E-state index contributed by atoms with van der Waals surface area (Å²) in [6, 6.07) is 0.582. The number of likely N-dealkylation sites (N-methyl/N-ethyl adjacent to an activating group) is 2. The van der Waals surface area contributed by atoms with Crippen molar-refractivity contribution in [3.05, 3.63) is 12.3 Å². The lowest BCUT2D eigenvalue weighted by atomic mass is 10.2. The lowest BCUT2D eigenvalue weighted by Crippen LogP contribution is -2.36. The first kappa shape index (κ1) is 12.0. The van der Waals surface area contributed by atoms with Gasteiger partial charge in [-0.3, -0.25) is 4.90 Å². The molecule has 0 aromatic heterocycles. The molecule has 1 unspecified atom stereocenters. The summed E-state index contributed by atoms with van der Waals surface area (Å²) in [6.45, 7) is 5.35. The van der Waals surface area contributed by atoms with Crippen molar-refractivity contribution >= 4 is 5.97 Å². The molecule has 4 heteroatoms. The molecule has 86 valence electrons. The van der Waals surface area contributed by atoms with Crippen LogP contribution < -0.4 is 0 Å². The van der Waals surface area contributed by atoms with Crippen LogP contribution in [0, 0.1) is 0 Å². The van der Waals surface area contributed by atoms with E-state index in [9.17, 15) is 4.79 Å². The van der Waals surface area contributed by atoms with E-state index in [0.29, 0.717) is 6.04 Å². The molecular weight excluding hydrogens is 192 g/mol. The number of carboxylic acid groups (broad SMARTS) is 1. The zero-order valence-corrected chi connectivity index (χ0v) is 9.52. The van der Waals surface area contributed by atoms with Crippen LogP contribution in [0.2, 0.25) is 0 Å². The van der Waals surface area contributed by atoms with Crippen molar-refractivity contribution in [3.8, 4) is 0 Å². The van der Waals surface area contributed by atoms with Crippen LogP contribution in [-0.4, -0.2) is 53.6 Å². The molecule has 1 atom stereocenters. The van der Waals surface area contributed by atoms with Crippen molar-refractivity contribution in [2.24, 2.45) is 0 Å². The molecular formula is C11H20N2O2. The van der Waals surface area contributed by atoms with Gasteiger partial charge in [0.15, 0.2) is 0 Å². The van der Waals surface area contributed by atoms with Gasteiger partial charge in [-0.05, 0) is 25.9 Å². The second-order valence-electron chi connectivity index (χ2n) is 4.02. The zero-order valence-electron chi connectivity index (χ0n) is 9.52. The molecule has 1 heterocycles. The van der Waals surface area contributed by atoms with Gasteiger partial charge in [0.25, 0.3) is 0 Å². The van der Waals surface area contributed by atoms with Crippen molar-refractivity contribution in [1.82, 2.24) is 9.80 Å². The van der Waals surface area contributed by atoms with E-state index in [1.165, 1.54) is 25.5 Å². The number of nitrogens with zero attached hydrogens (tertiary/aromatic N) is 2. The van der Waals surface area contributed by atoms with E-state index in [-0.39, 0.29) is 0 Å². The van der Waals surface area contributed by atoms with E-state index in [2.05, 4.69) is 11.8 Å². The van der Waals surface area contributed by atoms with Crippen molar-refractivity contribution in [3.63, 3.8) is 0 Å². The highest BCUT2D eigenvalue weighted by Crippen LogP contribution is 2.17. The number of likely N-dealkylation sites (tertiary alicyclic amines) is 1. The van der Waals surface area contributed by atoms with Gasteiger partial charge in [-0.1, -0.05) is 6.92 Å². The van der Waals surface area contributed by atoms with Crippen LogP contribution in [0.4, 0.5) is 0 Å². The highest BCUT2D eigenvalue weighted by molar-refractivity contribution is 5.79. The summed E-state index contributed by atoms with van der Waals surface area (Å²) in [5.41, 5.74) is 0. The molecule has 4 nitrogen and oxygen atoms in total. The zero-order chi connectivity index (χ0) is 11.3. The summed E-state index contributed by atoms with van der Waals surface area (Å²) >= 11 is 0. The van der Waals surface area contributed by atoms with Gasteiger partial charge in [0.2, 0.25) is 0 Å². The fraction of sp³-hybridized carbons (Fsp3) is 0.727. The predicted molar refractivity (Wildman–Crippen MR) is 59.7 cm³/mol. The van der Waals surface area contributed by atoms with Gasteiger partial charge < -0.3 is 10.0 Å². The third kappa shape index (κ3) is 3.91. The van der Waals surface area contributed by atoms with Gasteiger partial charge in [0.1, 0.15) is 0 Å². The smallest absolute Gasteiger partial charge is 0.329 e. The second kappa shape index (κ2) is 5.75. The van der Waals surface area contributed by atoms with Gasteiger partial charge in [-0.25, -0.2) is 4.79 Å². The van der Waals surface area contributed by atoms with Crippen molar-refractivity contribution in [2.45, 2.75) is 25.8 Å². The van der Waals surface area contributed by atoms with Crippen molar-refractivity contribution in [1.29, 1.82) is 0 Å². The molecule has 1 fully saturated rings. The molecule has 1 aliphatic rings. The van der Waals surface area contributed by atoms with Crippen LogP contribution in [0.25, 0.3) is 0 Å². The Morgan fingerprint density at radius 2 is 2.40 bits per heavy atom. The monoisotopic (exact) mass is 212 g/mol. The lowest BCUT2D eigenvalue weighted by molar-refractivity contribution is -0.131. The molecule has 0 aromatic carbocycles. The Morgan fingerprint density at radius 1 is 1.67 bits per heavy atom. The average molecular weight is 212 g/mol. The van der Waals surface area contributed by atoms with Gasteiger partial charge in [0, 0.05) is 31.9 Å². The van der Waals surface area contributed by atoms with Gasteiger partial charge in [0.05, 0.1) is 0 Å². The van der Waals surface area contributed by atoms with E-state index in [1.54, 1.807) is 6.20 Å². The summed E-state index contributed by atoms with van der Waals surface area (Å²) < 4.78 is 0. The van der Waals surface area contributed by atoms with Gasteiger partial charge in [-0.15, -0.1) is 0 Å². The maximum atomic E-state index is 10.3. The highest BCUT2D eigenvalue weighted by atomic mass is 16.4. The van der Waals surface area contributed by atoms with Crippen LogP contribution in [0.3, 0.4) is 0 Å². The SMILES string of the molecule is CCN1CCCC1CN(C)C=CC(=O)O. The first-order chi connectivity index (χ1) is 7.13. The number of carbonyl (C=O) groups is 1. The van der Waals surface area contributed by atoms with E-state index in [0.717, 1.165) is 13.1 Å². The van der Waals surface area contributed by atoms with E-state index in [4.69, 9.17) is 5.11 Å². The Kier molecular flexibility index (Phi) is 4.62. The lowest BCUT2D eigenvalue weighted by Gasteiger charge is -2.26. The molecule has 1 aliphatic heterocycles. The third-order valence-electron chi connectivity index (χ3n) is 2.88.